The average Bonchev–Trinajstić information content (AvgIpc) is 2.04. The van der Waals surface area contributed by atoms with Gasteiger partial charge in [0.1, 0.15) is 0 Å². The Morgan fingerprint density at radius 1 is 1.50 bits per heavy atom. The first-order chi connectivity index (χ1) is 5.63. The summed E-state index contributed by atoms with van der Waals surface area (Å²) in [6.07, 6.45) is 0. The predicted molar refractivity (Wildman–Crippen MR) is 45.1 cm³/mol. The van der Waals surface area contributed by atoms with E-state index >= 15 is 0 Å². The number of nitrogens with zero attached hydrogens (tertiary/aromatic N) is 1. The minimum absolute atomic E-state index is 0.308. The normalized spacial score (nSPS) is 9.50. The second kappa shape index (κ2) is 3.23. The van der Waals surface area contributed by atoms with E-state index in [1.807, 2.05) is 0 Å². The number of hydroxylamine groups is 1. The molecule has 4 nitrogen and oxygen atoms in total. The van der Waals surface area contributed by atoms with Gasteiger partial charge in [-0.25, -0.2) is 0 Å². The van der Waals surface area contributed by atoms with Gasteiger partial charge in [-0.15, -0.1) is 0 Å². The Morgan fingerprint density at radius 2 is 2.08 bits per heavy atom. The van der Waals surface area contributed by atoms with Gasteiger partial charge < -0.3 is 5.73 Å². The van der Waals surface area contributed by atoms with Gasteiger partial charge in [0.05, 0.1) is 11.3 Å². The van der Waals surface area contributed by atoms with E-state index in [4.69, 9.17) is 10.9 Å². The molecule has 0 aliphatic rings. The fraction of sp³-hybridized carbons (Fsp3) is 0.125. The number of benzene rings is 1. The van der Waals surface area contributed by atoms with Gasteiger partial charge in [-0.05, 0) is 12.1 Å². The van der Waals surface area contributed by atoms with E-state index in [1.54, 1.807) is 24.3 Å². The van der Waals surface area contributed by atoms with E-state index in [-0.39, 0.29) is 0 Å². The highest BCUT2D eigenvalue weighted by Crippen LogP contribution is 2.16. The second-order valence-electron chi connectivity index (χ2n) is 2.41. The highest BCUT2D eigenvalue weighted by molar-refractivity contribution is 5.98. The van der Waals surface area contributed by atoms with Gasteiger partial charge in [-0.3, -0.25) is 15.1 Å². The van der Waals surface area contributed by atoms with Crippen molar-refractivity contribution in [1.82, 2.24) is 0 Å². The zero-order chi connectivity index (χ0) is 9.14. The summed E-state index contributed by atoms with van der Waals surface area (Å²) in [5.74, 6) is -0.550. The van der Waals surface area contributed by atoms with Crippen molar-refractivity contribution in [2.24, 2.45) is 5.73 Å². The minimum Gasteiger partial charge on any atom is -0.366 e. The molecule has 12 heavy (non-hydrogen) atoms. The van der Waals surface area contributed by atoms with Crippen LogP contribution < -0.4 is 10.8 Å². The molecular formula is C8H10N2O2. The SMILES string of the molecule is CN(O)c1ccccc1C(N)=O. The summed E-state index contributed by atoms with van der Waals surface area (Å²) in [5.41, 5.74) is 5.79. The molecule has 0 aliphatic heterocycles. The number of carbonyl (C=O) groups excluding carboxylic acids is 1. The molecule has 0 unspecified atom stereocenters. The Labute approximate surface area is 70.2 Å². The molecule has 1 aromatic carbocycles. The van der Waals surface area contributed by atoms with Crippen molar-refractivity contribution >= 4 is 11.6 Å². The first-order valence-corrected chi connectivity index (χ1v) is 3.44. The number of hydrogen-bond donors (Lipinski definition) is 2. The topological polar surface area (TPSA) is 66.6 Å². The molecule has 0 saturated carbocycles. The quantitative estimate of drug-likeness (QED) is 0.632. The van der Waals surface area contributed by atoms with Crippen LogP contribution in [0.5, 0.6) is 0 Å². The Hall–Kier alpha value is -1.55. The highest BCUT2D eigenvalue weighted by Gasteiger charge is 2.08. The monoisotopic (exact) mass is 166 g/mol. The standard InChI is InChI=1S/C8H10N2O2/c1-10(12)7-5-3-2-4-6(7)8(9)11/h2-5,12H,1H3,(H2,9,11). The average molecular weight is 166 g/mol. The van der Waals surface area contributed by atoms with E-state index in [0.29, 0.717) is 11.3 Å². The van der Waals surface area contributed by atoms with Crippen LogP contribution in [0.4, 0.5) is 5.69 Å². The smallest absolute Gasteiger partial charge is 0.250 e. The number of primary amides is 1. The van der Waals surface area contributed by atoms with Gasteiger partial charge in [0.15, 0.2) is 0 Å². The van der Waals surface area contributed by atoms with Crippen molar-refractivity contribution in [3.8, 4) is 0 Å². The Bertz CT molecular complexity index is 297. The lowest BCUT2D eigenvalue weighted by Gasteiger charge is -2.12. The molecule has 64 valence electrons. The lowest BCUT2D eigenvalue weighted by Crippen LogP contribution is -2.18. The van der Waals surface area contributed by atoms with Crippen molar-refractivity contribution < 1.29 is 10.0 Å². The summed E-state index contributed by atoms with van der Waals surface area (Å²) in [4.78, 5) is 10.8. The van der Waals surface area contributed by atoms with Crippen molar-refractivity contribution in [2.75, 3.05) is 12.1 Å². The van der Waals surface area contributed by atoms with Gasteiger partial charge in [-0.1, -0.05) is 12.1 Å². The summed E-state index contributed by atoms with van der Waals surface area (Å²) in [6.45, 7) is 0. The molecule has 0 bridgehead atoms. The van der Waals surface area contributed by atoms with Gasteiger partial charge in [0.25, 0.3) is 5.91 Å². The number of nitrogens with two attached hydrogens (primary N) is 1. The number of amides is 1. The number of para-hydroxylation sites is 1. The Kier molecular flexibility index (Phi) is 2.30. The van der Waals surface area contributed by atoms with Crippen molar-refractivity contribution in [3.63, 3.8) is 0 Å². The van der Waals surface area contributed by atoms with E-state index in [2.05, 4.69) is 0 Å². The fourth-order valence-electron chi connectivity index (χ4n) is 0.964. The maximum Gasteiger partial charge on any atom is 0.250 e. The first-order valence-electron chi connectivity index (χ1n) is 3.44. The lowest BCUT2D eigenvalue weighted by atomic mass is 10.1. The highest BCUT2D eigenvalue weighted by atomic mass is 16.5. The molecule has 0 atom stereocenters. The molecular weight excluding hydrogens is 156 g/mol. The number of rotatable bonds is 2. The minimum atomic E-state index is -0.550. The van der Waals surface area contributed by atoms with Crippen molar-refractivity contribution in [1.29, 1.82) is 0 Å². The number of hydrogen-bond acceptors (Lipinski definition) is 3. The van der Waals surface area contributed by atoms with Crippen LogP contribution >= 0.6 is 0 Å². The van der Waals surface area contributed by atoms with Crippen LogP contribution in [0.15, 0.2) is 24.3 Å². The summed E-state index contributed by atoms with van der Waals surface area (Å²) >= 11 is 0. The van der Waals surface area contributed by atoms with Crippen LogP contribution in [0.1, 0.15) is 10.4 Å². The molecule has 0 aliphatic carbocycles. The zero-order valence-electron chi connectivity index (χ0n) is 6.69. The lowest BCUT2D eigenvalue weighted by molar-refractivity contribution is 0.0999. The van der Waals surface area contributed by atoms with Crippen LogP contribution in [0.25, 0.3) is 0 Å². The summed E-state index contributed by atoms with van der Waals surface area (Å²) < 4.78 is 0. The van der Waals surface area contributed by atoms with E-state index in [1.165, 1.54) is 7.05 Å². The molecule has 3 N–H and O–H groups in total. The largest absolute Gasteiger partial charge is 0.366 e. The molecule has 0 spiro atoms. The van der Waals surface area contributed by atoms with E-state index in [9.17, 15) is 4.79 Å². The van der Waals surface area contributed by atoms with Crippen LogP contribution in [0, 0.1) is 0 Å². The summed E-state index contributed by atoms with van der Waals surface area (Å²) in [6, 6.07) is 6.58. The van der Waals surface area contributed by atoms with Crippen molar-refractivity contribution in [2.45, 2.75) is 0 Å². The van der Waals surface area contributed by atoms with Crippen LogP contribution in [-0.4, -0.2) is 18.2 Å². The molecule has 1 rings (SSSR count). The Morgan fingerprint density at radius 3 is 2.50 bits per heavy atom. The molecule has 0 heterocycles. The van der Waals surface area contributed by atoms with Crippen molar-refractivity contribution in [3.05, 3.63) is 29.8 Å². The molecule has 1 aromatic rings. The molecule has 0 saturated heterocycles. The third-order valence-corrected chi connectivity index (χ3v) is 1.52. The molecule has 0 fully saturated rings. The Balaban J connectivity index is 3.17. The first kappa shape index (κ1) is 8.55. The predicted octanol–water partition coefficient (Wildman–Crippen LogP) is 0.611. The number of anilines is 1. The van der Waals surface area contributed by atoms with E-state index < -0.39 is 5.91 Å². The maximum atomic E-state index is 10.8. The van der Waals surface area contributed by atoms with E-state index in [0.717, 1.165) is 5.06 Å². The van der Waals surface area contributed by atoms with Gasteiger partial charge in [0.2, 0.25) is 0 Å². The molecule has 0 radical (unpaired) electrons. The molecule has 4 heteroatoms. The van der Waals surface area contributed by atoms with Crippen LogP contribution in [-0.2, 0) is 0 Å². The zero-order valence-corrected chi connectivity index (χ0v) is 6.69. The van der Waals surface area contributed by atoms with Crippen LogP contribution in [0.2, 0.25) is 0 Å². The fourth-order valence-corrected chi connectivity index (χ4v) is 0.964. The van der Waals surface area contributed by atoms with Crippen LogP contribution in [0.3, 0.4) is 0 Å². The second-order valence-corrected chi connectivity index (χ2v) is 2.41. The summed E-state index contributed by atoms with van der Waals surface area (Å²) in [5, 5.41) is 9.94. The summed E-state index contributed by atoms with van der Waals surface area (Å²) in [7, 11) is 1.43. The van der Waals surface area contributed by atoms with Gasteiger partial charge in [0, 0.05) is 7.05 Å². The maximum absolute atomic E-state index is 10.8. The third-order valence-electron chi connectivity index (χ3n) is 1.52. The third kappa shape index (κ3) is 1.54. The van der Waals surface area contributed by atoms with Gasteiger partial charge >= 0.3 is 0 Å². The molecule has 0 aromatic heterocycles. The number of carbonyl (C=O) groups is 1. The molecule has 1 amide bonds. The van der Waals surface area contributed by atoms with Gasteiger partial charge in [-0.2, -0.15) is 0 Å².